The van der Waals surface area contributed by atoms with E-state index in [0.717, 1.165) is 40.2 Å². The lowest BCUT2D eigenvalue weighted by molar-refractivity contribution is -0.116. The van der Waals surface area contributed by atoms with Gasteiger partial charge in [0.1, 0.15) is 0 Å². The molecule has 0 unspecified atom stereocenters. The maximum absolute atomic E-state index is 12.3. The summed E-state index contributed by atoms with van der Waals surface area (Å²) in [5, 5.41) is 24.7. The highest BCUT2D eigenvalue weighted by Gasteiger charge is 2.16. The smallest absolute Gasteiger partial charge is 0.283 e. The van der Waals surface area contributed by atoms with Crippen LogP contribution in [-0.2, 0) is 11.3 Å². The van der Waals surface area contributed by atoms with Gasteiger partial charge in [0.25, 0.3) is 5.91 Å². The lowest BCUT2D eigenvalue weighted by Crippen LogP contribution is -2.11. The molecule has 2 N–H and O–H groups in total. The van der Waals surface area contributed by atoms with Crippen molar-refractivity contribution < 1.29 is 9.90 Å². The molecule has 6 heteroatoms. The van der Waals surface area contributed by atoms with E-state index in [-0.39, 0.29) is 12.4 Å². The third-order valence-electron chi connectivity index (χ3n) is 5.13. The van der Waals surface area contributed by atoms with E-state index < -0.39 is 5.91 Å². The first-order valence-corrected chi connectivity index (χ1v) is 10.2. The molecule has 0 saturated heterocycles. The van der Waals surface area contributed by atoms with E-state index in [1.54, 1.807) is 0 Å². The lowest BCUT2D eigenvalue weighted by atomic mass is 10.1. The fourth-order valence-corrected chi connectivity index (χ4v) is 3.60. The van der Waals surface area contributed by atoms with Crippen LogP contribution < -0.4 is 5.32 Å². The second-order valence-corrected chi connectivity index (χ2v) is 7.17. The Morgan fingerprint density at radius 2 is 1.73 bits per heavy atom. The van der Waals surface area contributed by atoms with E-state index in [1.807, 2.05) is 71.3 Å². The monoisotopic (exact) mass is 400 g/mol. The Labute approximate surface area is 174 Å². The van der Waals surface area contributed by atoms with Crippen molar-refractivity contribution >= 4 is 39.0 Å². The van der Waals surface area contributed by atoms with E-state index >= 15 is 0 Å². The summed E-state index contributed by atoms with van der Waals surface area (Å²) in [5.41, 5.74) is 2.09. The molecule has 1 heterocycles. The predicted molar refractivity (Wildman–Crippen MR) is 120 cm³/mol. The van der Waals surface area contributed by atoms with E-state index in [2.05, 4.69) is 22.5 Å². The number of unbranched alkanes of at least 4 members (excludes halogenated alkanes) is 1. The summed E-state index contributed by atoms with van der Waals surface area (Å²) in [6.07, 6.45) is 1.96. The number of aryl methyl sites for hydroxylation is 1. The Morgan fingerprint density at radius 3 is 2.57 bits per heavy atom. The van der Waals surface area contributed by atoms with Crippen molar-refractivity contribution in [3.8, 4) is 5.88 Å². The lowest BCUT2D eigenvalue weighted by Gasteiger charge is -2.07. The molecule has 1 aromatic heterocycles. The number of aromatic hydroxyl groups is 1. The third kappa shape index (κ3) is 3.89. The number of para-hydroxylation sites is 1. The van der Waals surface area contributed by atoms with Crippen LogP contribution in [0.4, 0.5) is 11.4 Å². The van der Waals surface area contributed by atoms with E-state index in [9.17, 15) is 9.90 Å². The largest absolute Gasteiger partial charge is 0.493 e. The predicted octanol–water partition coefficient (Wildman–Crippen LogP) is 6.02. The molecular weight excluding hydrogens is 376 g/mol. The number of azo groups is 1. The SMILES string of the molecule is CCCCn1c(O)c(N=NC(=O)CNc2cccc3ccccc23)c2ccccc21. The number of carbonyl (C=O) groups is 1. The molecule has 1 amide bonds. The molecule has 0 fully saturated rings. The van der Waals surface area contributed by atoms with E-state index in [4.69, 9.17) is 0 Å². The number of benzene rings is 3. The molecule has 30 heavy (non-hydrogen) atoms. The Hall–Kier alpha value is -3.67. The van der Waals surface area contributed by atoms with Gasteiger partial charge in [-0.15, -0.1) is 10.2 Å². The van der Waals surface area contributed by atoms with E-state index in [1.165, 1.54) is 0 Å². The van der Waals surface area contributed by atoms with Gasteiger partial charge in [0.15, 0.2) is 5.69 Å². The van der Waals surface area contributed by atoms with Crippen LogP contribution in [0.25, 0.3) is 21.7 Å². The van der Waals surface area contributed by atoms with Gasteiger partial charge in [0.2, 0.25) is 5.88 Å². The quantitative estimate of drug-likeness (QED) is 0.372. The first-order chi connectivity index (χ1) is 14.7. The number of anilines is 1. The second-order valence-electron chi connectivity index (χ2n) is 7.17. The molecule has 0 spiro atoms. The number of amides is 1. The topological polar surface area (TPSA) is 79.0 Å². The van der Waals surface area contributed by atoms with Crippen molar-refractivity contribution in [3.05, 3.63) is 66.7 Å². The molecular formula is C24H24N4O2. The molecule has 0 saturated carbocycles. The van der Waals surface area contributed by atoms with Crippen molar-refractivity contribution in [1.82, 2.24) is 4.57 Å². The molecule has 4 rings (SSSR count). The first kappa shape index (κ1) is 19.6. The van der Waals surface area contributed by atoms with Gasteiger partial charge in [-0.3, -0.25) is 4.79 Å². The third-order valence-corrected chi connectivity index (χ3v) is 5.13. The number of fused-ring (bicyclic) bond motifs is 2. The number of nitrogens with one attached hydrogen (secondary N) is 1. The number of aromatic nitrogens is 1. The number of nitrogens with zero attached hydrogens (tertiary/aromatic N) is 3. The number of rotatable bonds is 7. The molecule has 0 aliphatic heterocycles. The summed E-state index contributed by atoms with van der Waals surface area (Å²) in [4.78, 5) is 12.3. The van der Waals surface area contributed by atoms with Crippen molar-refractivity contribution in [2.24, 2.45) is 10.2 Å². The maximum Gasteiger partial charge on any atom is 0.283 e. The van der Waals surface area contributed by atoms with Gasteiger partial charge in [-0.25, -0.2) is 0 Å². The zero-order valence-corrected chi connectivity index (χ0v) is 16.9. The highest BCUT2D eigenvalue weighted by atomic mass is 16.3. The van der Waals surface area contributed by atoms with Crippen molar-refractivity contribution in [3.63, 3.8) is 0 Å². The molecule has 0 atom stereocenters. The summed E-state index contributed by atoms with van der Waals surface area (Å²) in [7, 11) is 0. The molecule has 0 radical (unpaired) electrons. The van der Waals surface area contributed by atoms with Crippen molar-refractivity contribution in [2.45, 2.75) is 26.3 Å². The van der Waals surface area contributed by atoms with Gasteiger partial charge in [-0.2, -0.15) is 0 Å². The van der Waals surface area contributed by atoms with Gasteiger partial charge in [-0.1, -0.05) is 67.9 Å². The van der Waals surface area contributed by atoms with Crippen LogP contribution >= 0.6 is 0 Å². The second kappa shape index (κ2) is 8.78. The summed E-state index contributed by atoms with van der Waals surface area (Å²) in [6, 6.07) is 21.5. The highest BCUT2D eigenvalue weighted by molar-refractivity contribution is 5.96. The Morgan fingerprint density at radius 1 is 1.00 bits per heavy atom. The van der Waals surface area contributed by atoms with Crippen LogP contribution in [0, 0.1) is 0 Å². The minimum atomic E-state index is -0.410. The summed E-state index contributed by atoms with van der Waals surface area (Å²) < 4.78 is 1.83. The molecule has 0 aliphatic carbocycles. The summed E-state index contributed by atoms with van der Waals surface area (Å²) >= 11 is 0. The number of carbonyl (C=O) groups excluding carboxylic acids is 1. The van der Waals surface area contributed by atoms with Crippen LogP contribution in [0.15, 0.2) is 77.0 Å². The van der Waals surface area contributed by atoms with Crippen LogP contribution in [0.5, 0.6) is 5.88 Å². The molecule has 0 aliphatic rings. The summed E-state index contributed by atoms with van der Waals surface area (Å²) in [6.45, 7) is 2.81. The minimum absolute atomic E-state index is 0.0206. The molecule has 4 aromatic rings. The van der Waals surface area contributed by atoms with Crippen LogP contribution in [0.2, 0.25) is 0 Å². The highest BCUT2D eigenvalue weighted by Crippen LogP contribution is 2.39. The average molecular weight is 400 g/mol. The van der Waals surface area contributed by atoms with Gasteiger partial charge in [0, 0.05) is 23.0 Å². The van der Waals surface area contributed by atoms with E-state index in [0.29, 0.717) is 12.2 Å². The van der Waals surface area contributed by atoms with Crippen LogP contribution in [0.1, 0.15) is 19.8 Å². The van der Waals surface area contributed by atoms with Gasteiger partial charge in [-0.05, 0) is 23.9 Å². The zero-order valence-electron chi connectivity index (χ0n) is 16.9. The summed E-state index contributed by atoms with van der Waals surface area (Å²) in [5.74, 6) is -0.365. The van der Waals surface area contributed by atoms with Gasteiger partial charge >= 0.3 is 0 Å². The normalized spacial score (nSPS) is 11.5. The standard InChI is InChI=1S/C24H24N4O2/c1-2-3-15-28-21-14-7-6-12-19(21)23(24(28)30)27-26-22(29)16-25-20-13-8-10-17-9-4-5-11-18(17)20/h4-14,25,30H,2-3,15-16H2,1H3. The Bertz CT molecular complexity index is 1220. The zero-order chi connectivity index (χ0) is 20.9. The molecule has 3 aromatic carbocycles. The molecule has 0 bridgehead atoms. The van der Waals surface area contributed by atoms with Crippen molar-refractivity contribution in [2.75, 3.05) is 11.9 Å². The fraction of sp³-hybridized carbons (Fsp3) is 0.208. The van der Waals surface area contributed by atoms with Gasteiger partial charge in [0.05, 0.1) is 12.1 Å². The minimum Gasteiger partial charge on any atom is -0.493 e. The molecule has 6 nitrogen and oxygen atoms in total. The number of hydrogen-bond donors (Lipinski definition) is 2. The Kier molecular flexibility index (Phi) is 5.75. The maximum atomic E-state index is 12.3. The van der Waals surface area contributed by atoms with Gasteiger partial charge < -0.3 is 15.0 Å². The average Bonchev–Trinajstić information content (AvgIpc) is 3.05. The Balaban J connectivity index is 1.53. The fourth-order valence-electron chi connectivity index (χ4n) is 3.60. The van der Waals surface area contributed by atoms with Crippen LogP contribution in [-0.4, -0.2) is 22.1 Å². The molecule has 152 valence electrons. The first-order valence-electron chi connectivity index (χ1n) is 10.2. The number of hydrogen-bond acceptors (Lipinski definition) is 4. The van der Waals surface area contributed by atoms with Crippen LogP contribution in [0.3, 0.4) is 0 Å². The van der Waals surface area contributed by atoms with Crippen molar-refractivity contribution in [1.29, 1.82) is 0 Å².